The van der Waals surface area contributed by atoms with Gasteiger partial charge in [0, 0.05) is 6.04 Å². The molecule has 1 aromatic carbocycles. The molecule has 1 amide bonds. The van der Waals surface area contributed by atoms with Gasteiger partial charge in [0.1, 0.15) is 11.9 Å². The van der Waals surface area contributed by atoms with Crippen LogP contribution in [0.3, 0.4) is 0 Å². The summed E-state index contributed by atoms with van der Waals surface area (Å²) in [5.41, 5.74) is 5.73. The van der Waals surface area contributed by atoms with Crippen LogP contribution in [0, 0.1) is 11.7 Å². The molecule has 0 aliphatic carbocycles. The molecule has 0 radical (unpaired) electrons. The minimum atomic E-state index is -4.06. The van der Waals surface area contributed by atoms with Gasteiger partial charge in [0.25, 0.3) is 15.9 Å². The maximum absolute atomic E-state index is 13.1. The van der Waals surface area contributed by atoms with Crippen molar-refractivity contribution in [2.75, 3.05) is 0 Å². The molecule has 2 rings (SSSR count). The highest BCUT2D eigenvalue weighted by atomic mass is 32.2. The van der Waals surface area contributed by atoms with Gasteiger partial charge in [-0.3, -0.25) is 10.2 Å². The number of hydrogen-bond acceptors (Lipinski definition) is 5. The highest BCUT2D eigenvalue weighted by Crippen LogP contribution is 2.15. The van der Waals surface area contributed by atoms with Crippen LogP contribution in [0.2, 0.25) is 0 Å². The zero-order chi connectivity index (χ0) is 15.6. The van der Waals surface area contributed by atoms with E-state index < -0.39 is 27.8 Å². The Morgan fingerprint density at radius 1 is 1.38 bits per heavy atom. The lowest BCUT2D eigenvalue weighted by molar-refractivity contribution is -0.121. The maximum Gasteiger partial charge on any atom is 0.264 e. The number of benzene rings is 1. The Balaban J connectivity index is 2.06. The van der Waals surface area contributed by atoms with Crippen LogP contribution in [0.5, 0.6) is 0 Å². The van der Waals surface area contributed by atoms with Crippen molar-refractivity contribution in [3.8, 4) is 0 Å². The Labute approximate surface area is 123 Å². The lowest BCUT2D eigenvalue weighted by atomic mass is 10.00. The molecule has 1 saturated heterocycles. The molecule has 8 heteroatoms. The van der Waals surface area contributed by atoms with Crippen molar-refractivity contribution in [3.63, 3.8) is 0 Å². The number of carbonyl (C=O) groups excluding carboxylic acids is 1. The third-order valence-corrected chi connectivity index (χ3v) is 4.74. The van der Waals surface area contributed by atoms with Gasteiger partial charge in [0.2, 0.25) is 0 Å². The SMILES string of the molecule is CC(C)C1CC(C(=O)NS(=O)(=O)c2cccc(F)c2)NN1. The predicted molar refractivity (Wildman–Crippen MR) is 75.0 cm³/mol. The lowest BCUT2D eigenvalue weighted by Crippen LogP contribution is -2.45. The predicted octanol–water partition coefficient (Wildman–Crippen LogP) is 0.522. The van der Waals surface area contributed by atoms with Crippen LogP contribution >= 0.6 is 0 Å². The smallest absolute Gasteiger partial charge is 0.264 e. The quantitative estimate of drug-likeness (QED) is 0.754. The largest absolute Gasteiger partial charge is 0.272 e. The molecule has 0 bridgehead atoms. The number of rotatable bonds is 4. The molecule has 0 aromatic heterocycles. The molecule has 0 saturated carbocycles. The van der Waals surface area contributed by atoms with E-state index in [1.165, 1.54) is 12.1 Å². The van der Waals surface area contributed by atoms with E-state index in [1.807, 2.05) is 18.6 Å². The van der Waals surface area contributed by atoms with Crippen molar-refractivity contribution < 1.29 is 17.6 Å². The van der Waals surface area contributed by atoms with Crippen molar-refractivity contribution in [2.24, 2.45) is 5.92 Å². The fraction of sp³-hybridized carbons (Fsp3) is 0.462. The number of amides is 1. The number of hydrogen-bond donors (Lipinski definition) is 3. The monoisotopic (exact) mass is 315 g/mol. The molecule has 2 unspecified atom stereocenters. The molecule has 6 nitrogen and oxygen atoms in total. The molecule has 116 valence electrons. The van der Waals surface area contributed by atoms with E-state index in [2.05, 4.69) is 10.9 Å². The van der Waals surface area contributed by atoms with E-state index in [-0.39, 0.29) is 10.9 Å². The maximum atomic E-state index is 13.1. The first-order valence-electron chi connectivity index (χ1n) is 6.63. The second-order valence-electron chi connectivity index (χ2n) is 5.35. The van der Waals surface area contributed by atoms with E-state index in [9.17, 15) is 17.6 Å². The Bertz CT molecular complexity index is 633. The van der Waals surface area contributed by atoms with E-state index >= 15 is 0 Å². The second-order valence-corrected chi connectivity index (χ2v) is 7.04. The summed E-state index contributed by atoms with van der Waals surface area (Å²) in [5, 5.41) is 0. The second kappa shape index (κ2) is 6.08. The average Bonchev–Trinajstić information content (AvgIpc) is 2.88. The van der Waals surface area contributed by atoms with Gasteiger partial charge in [-0.2, -0.15) is 0 Å². The minimum absolute atomic E-state index is 0.0950. The number of sulfonamides is 1. The van der Waals surface area contributed by atoms with Gasteiger partial charge in [0.05, 0.1) is 4.90 Å². The van der Waals surface area contributed by atoms with Crippen molar-refractivity contribution in [1.29, 1.82) is 0 Å². The zero-order valence-corrected chi connectivity index (χ0v) is 12.6. The van der Waals surface area contributed by atoms with E-state index in [0.29, 0.717) is 12.3 Å². The van der Waals surface area contributed by atoms with Crippen molar-refractivity contribution in [2.45, 2.75) is 37.2 Å². The van der Waals surface area contributed by atoms with Gasteiger partial charge in [-0.05, 0) is 30.5 Å². The number of halogens is 1. The third-order valence-electron chi connectivity index (χ3n) is 3.40. The highest BCUT2D eigenvalue weighted by molar-refractivity contribution is 7.90. The summed E-state index contributed by atoms with van der Waals surface area (Å²) >= 11 is 0. The third kappa shape index (κ3) is 3.78. The van der Waals surface area contributed by atoms with Crippen LogP contribution in [0.15, 0.2) is 29.2 Å². The summed E-state index contributed by atoms with van der Waals surface area (Å²) < 4.78 is 39.1. The molecule has 1 aromatic rings. The number of hydrazine groups is 1. The van der Waals surface area contributed by atoms with Gasteiger partial charge in [0.15, 0.2) is 0 Å². The first-order chi connectivity index (χ1) is 9.79. The normalized spacial score (nSPS) is 22.5. The van der Waals surface area contributed by atoms with Gasteiger partial charge in [-0.25, -0.2) is 23.0 Å². The molecule has 1 fully saturated rings. The van der Waals surface area contributed by atoms with Crippen LogP contribution < -0.4 is 15.6 Å². The molecule has 1 aliphatic rings. The Kier molecular flexibility index (Phi) is 4.60. The summed E-state index contributed by atoms with van der Waals surface area (Å²) in [5.74, 6) is -1.02. The summed E-state index contributed by atoms with van der Waals surface area (Å²) in [6.45, 7) is 4.01. The molecular formula is C13H18FN3O3S. The molecular weight excluding hydrogens is 297 g/mol. The number of carbonyl (C=O) groups is 1. The lowest BCUT2D eigenvalue weighted by Gasteiger charge is -2.13. The Hall–Kier alpha value is -1.51. The van der Waals surface area contributed by atoms with Crippen LogP contribution in [0.1, 0.15) is 20.3 Å². The Morgan fingerprint density at radius 2 is 2.10 bits per heavy atom. The fourth-order valence-electron chi connectivity index (χ4n) is 2.09. The van der Waals surface area contributed by atoms with Gasteiger partial charge < -0.3 is 0 Å². The van der Waals surface area contributed by atoms with Crippen molar-refractivity contribution in [3.05, 3.63) is 30.1 Å². The fourth-order valence-corrected chi connectivity index (χ4v) is 3.14. The average molecular weight is 315 g/mol. The van der Waals surface area contributed by atoms with Crippen LogP contribution in [0.25, 0.3) is 0 Å². The van der Waals surface area contributed by atoms with Gasteiger partial charge in [-0.15, -0.1) is 0 Å². The van der Waals surface area contributed by atoms with E-state index in [4.69, 9.17) is 0 Å². The molecule has 2 atom stereocenters. The first kappa shape index (κ1) is 15.9. The zero-order valence-electron chi connectivity index (χ0n) is 11.8. The van der Waals surface area contributed by atoms with Gasteiger partial charge in [-0.1, -0.05) is 19.9 Å². The molecule has 1 heterocycles. The minimum Gasteiger partial charge on any atom is -0.272 e. The summed E-state index contributed by atoms with van der Waals surface area (Å²) in [7, 11) is -4.06. The molecule has 1 aliphatic heterocycles. The van der Waals surface area contributed by atoms with E-state index in [0.717, 1.165) is 12.1 Å². The van der Waals surface area contributed by atoms with Crippen LogP contribution in [-0.4, -0.2) is 26.4 Å². The molecule has 0 spiro atoms. The van der Waals surface area contributed by atoms with Crippen molar-refractivity contribution in [1.82, 2.24) is 15.6 Å². The van der Waals surface area contributed by atoms with Crippen LogP contribution in [0.4, 0.5) is 4.39 Å². The topological polar surface area (TPSA) is 87.3 Å². The summed E-state index contributed by atoms with van der Waals surface area (Å²) in [6, 6.07) is 3.97. The highest BCUT2D eigenvalue weighted by Gasteiger charge is 2.32. The summed E-state index contributed by atoms with van der Waals surface area (Å²) in [4.78, 5) is 11.7. The van der Waals surface area contributed by atoms with E-state index in [1.54, 1.807) is 0 Å². The molecule has 21 heavy (non-hydrogen) atoms. The van der Waals surface area contributed by atoms with Crippen molar-refractivity contribution >= 4 is 15.9 Å². The van der Waals surface area contributed by atoms with Crippen LogP contribution in [-0.2, 0) is 14.8 Å². The standard InChI is InChI=1S/C13H18FN3O3S/c1-8(2)11-7-12(16-15-11)13(18)17-21(19,20)10-5-3-4-9(14)6-10/h3-6,8,11-12,15-16H,7H2,1-2H3,(H,17,18). The first-order valence-corrected chi connectivity index (χ1v) is 8.11. The summed E-state index contributed by atoms with van der Waals surface area (Å²) in [6.07, 6.45) is 0.488. The van der Waals surface area contributed by atoms with Gasteiger partial charge >= 0.3 is 0 Å². The Morgan fingerprint density at radius 3 is 2.67 bits per heavy atom. The molecule has 3 N–H and O–H groups in total. The number of nitrogens with one attached hydrogen (secondary N) is 3.